The first-order chi connectivity index (χ1) is 12.5. The molecule has 2 aromatic carbocycles. The molecule has 0 saturated carbocycles. The number of rotatable bonds is 8. The lowest BCUT2D eigenvalue weighted by atomic mass is 10.2. The minimum atomic E-state index is -0.522. The van der Waals surface area contributed by atoms with E-state index in [1.165, 1.54) is 39.5 Å². The second kappa shape index (κ2) is 8.56. The Hall–Kier alpha value is -3.49. The summed E-state index contributed by atoms with van der Waals surface area (Å²) in [5.74, 6) is 1.06. The molecule has 0 heterocycles. The summed E-state index contributed by atoms with van der Waals surface area (Å²) in [7, 11) is 4.45. The molecule has 2 rings (SSSR count). The van der Waals surface area contributed by atoms with Gasteiger partial charge in [-0.05, 0) is 18.2 Å². The molecule has 0 radical (unpaired) electrons. The lowest BCUT2D eigenvalue weighted by Crippen LogP contribution is -2.22. The van der Waals surface area contributed by atoms with Gasteiger partial charge in [-0.25, -0.2) is 0 Å². The van der Waals surface area contributed by atoms with E-state index >= 15 is 0 Å². The Morgan fingerprint density at radius 1 is 1.00 bits per heavy atom. The monoisotopic (exact) mass is 361 g/mol. The second-order valence-corrected chi connectivity index (χ2v) is 5.11. The summed E-state index contributed by atoms with van der Waals surface area (Å²) < 4.78 is 15.5. The van der Waals surface area contributed by atoms with Crippen molar-refractivity contribution < 1.29 is 23.9 Å². The van der Waals surface area contributed by atoms with Crippen molar-refractivity contribution in [2.75, 3.05) is 38.5 Å². The number of hydrogen-bond acceptors (Lipinski definition) is 7. The molecule has 0 aliphatic carbocycles. The maximum atomic E-state index is 12.2. The normalized spacial score (nSPS) is 9.96. The molecule has 138 valence electrons. The van der Waals surface area contributed by atoms with E-state index < -0.39 is 4.92 Å². The number of hydrogen-bond donors (Lipinski definition) is 2. The van der Waals surface area contributed by atoms with Gasteiger partial charge in [-0.2, -0.15) is 0 Å². The van der Waals surface area contributed by atoms with Gasteiger partial charge >= 0.3 is 0 Å². The minimum Gasteiger partial charge on any atom is -0.497 e. The SMILES string of the molecule is COc1ccc(OC)c(NC(=O)CNc2cc([N+](=O)[O-])ccc2OC)c1. The van der Waals surface area contributed by atoms with Gasteiger partial charge in [0.25, 0.3) is 5.69 Å². The van der Waals surface area contributed by atoms with Gasteiger partial charge in [0.05, 0.1) is 44.2 Å². The van der Waals surface area contributed by atoms with E-state index in [1.807, 2.05) is 0 Å². The molecule has 0 bridgehead atoms. The largest absolute Gasteiger partial charge is 0.497 e. The Kier molecular flexibility index (Phi) is 6.20. The number of nitrogens with zero attached hydrogens (tertiary/aromatic N) is 1. The first-order valence-corrected chi connectivity index (χ1v) is 7.56. The van der Waals surface area contributed by atoms with Gasteiger partial charge in [0.1, 0.15) is 17.2 Å². The van der Waals surface area contributed by atoms with E-state index in [2.05, 4.69) is 10.6 Å². The molecule has 1 amide bonds. The van der Waals surface area contributed by atoms with Gasteiger partial charge in [-0.1, -0.05) is 0 Å². The van der Waals surface area contributed by atoms with Crippen molar-refractivity contribution in [3.8, 4) is 17.2 Å². The van der Waals surface area contributed by atoms with Crippen LogP contribution in [0.2, 0.25) is 0 Å². The summed E-state index contributed by atoms with van der Waals surface area (Å²) in [6.07, 6.45) is 0. The number of nitro benzene ring substituents is 1. The van der Waals surface area contributed by atoms with Crippen molar-refractivity contribution in [2.24, 2.45) is 0 Å². The highest BCUT2D eigenvalue weighted by molar-refractivity contribution is 5.95. The maximum absolute atomic E-state index is 12.2. The molecule has 9 nitrogen and oxygen atoms in total. The van der Waals surface area contributed by atoms with Crippen LogP contribution in [0.1, 0.15) is 0 Å². The van der Waals surface area contributed by atoms with Crippen molar-refractivity contribution in [2.45, 2.75) is 0 Å². The van der Waals surface area contributed by atoms with Crippen LogP contribution in [0.3, 0.4) is 0 Å². The zero-order valence-electron chi connectivity index (χ0n) is 14.6. The minimum absolute atomic E-state index is 0.108. The highest BCUT2D eigenvalue weighted by atomic mass is 16.6. The zero-order valence-corrected chi connectivity index (χ0v) is 14.6. The quantitative estimate of drug-likeness (QED) is 0.549. The van der Waals surface area contributed by atoms with E-state index in [4.69, 9.17) is 14.2 Å². The molecule has 0 fully saturated rings. The van der Waals surface area contributed by atoms with Crippen molar-refractivity contribution in [3.05, 3.63) is 46.5 Å². The third-order valence-electron chi connectivity index (χ3n) is 3.51. The summed E-state index contributed by atoms with van der Waals surface area (Å²) in [5.41, 5.74) is 0.683. The number of anilines is 2. The summed E-state index contributed by atoms with van der Waals surface area (Å²) in [6, 6.07) is 9.10. The highest BCUT2D eigenvalue weighted by Crippen LogP contribution is 2.30. The van der Waals surface area contributed by atoms with Crippen molar-refractivity contribution in [3.63, 3.8) is 0 Å². The topological polar surface area (TPSA) is 112 Å². The van der Waals surface area contributed by atoms with Crippen LogP contribution in [-0.4, -0.2) is 38.7 Å². The fraction of sp³-hybridized carbons (Fsp3) is 0.235. The summed E-state index contributed by atoms with van der Waals surface area (Å²) in [5, 5.41) is 16.4. The lowest BCUT2D eigenvalue weighted by molar-refractivity contribution is -0.384. The molecule has 0 atom stereocenters. The summed E-state index contributed by atoms with van der Waals surface area (Å²) in [4.78, 5) is 22.6. The van der Waals surface area contributed by atoms with Crippen molar-refractivity contribution in [1.82, 2.24) is 0 Å². The van der Waals surface area contributed by atoms with Crippen molar-refractivity contribution >= 4 is 23.0 Å². The van der Waals surface area contributed by atoms with Crippen LogP contribution in [0.4, 0.5) is 17.1 Å². The predicted molar refractivity (Wildman–Crippen MR) is 96.3 cm³/mol. The number of methoxy groups -OCH3 is 3. The Morgan fingerprint density at radius 2 is 1.65 bits per heavy atom. The number of ether oxygens (including phenoxy) is 3. The van der Waals surface area contributed by atoms with Gasteiger partial charge in [0.15, 0.2) is 0 Å². The predicted octanol–water partition coefficient (Wildman–Crippen LogP) is 2.67. The number of nitrogens with one attached hydrogen (secondary N) is 2. The first kappa shape index (κ1) is 18.8. The molecule has 0 aliphatic rings. The van der Waals surface area contributed by atoms with Crippen LogP contribution in [0.25, 0.3) is 0 Å². The van der Waals surface area contributed by atoms with E-state index in [0.717, 1.165) is 0 Å². The zero-order chi connectivity index (χ0) is 19.1. The second-order valence-electron chi connectivity index (χ2n) is 5.11. The molecule has 2 aromatic rings. The average Bonchev–Trinajstić information content (AvgIpc) is 2.65. The van der Waals surface area contributed by atoms with Gasteiger partial charge in [-0.3, -0.25) is 14.9 Å². The molecule has 9 heteroatoms. The van der Waals surface area contributed by atoms with E-state index in [0.29, 0.717) is 28.6 Å². The number of carbonyl (C=O) groups is 1. The first-order valence-electron chi connectivity index (χ1n) is 7.56. The Morgan fingerprint density at radius 3 is 2.27 bits per heavy atom. The third-order valence-corrected chi connectivity index (χ3v) is 3.51. The molecule has 2 N–H and O–H groups in total. The van der Waals surface area contributed by atoms with Gasteiger partial charge in [0, 0.05) is 18.2 Å². The van der Waals surface area contributed by atoms with E-state index in [9.17, 15) is 14.9 Å². The standard InChI is InChI=1S/C17H19N3O6/c1-24-12-5-7-16(26-3)14(9-12)19-17(21)10-18-13-8-11(20(22)23)4-6-15(13)25-2/h4-9,18H,10H2,1-3H3,(H,19,21). The lowest BCUT2D eigenvalue weighted by Gasteiger charge is -2.13. The molecule has 0 saturated heterocycles. The smallest absolute Gasteiger partial charge is 0.271 e. The fourth-order valence-corrected chi connectivity index (χ4v) is 2.23. The van der Waals surface area contributed by atoms with Crippen LogP contribution in [0, 0.1) is 10.1 Å². The molecular formula is C17H19N3O6. The third kappa shape index (κ3) is 4.53. The Labute approximate surface area is 150 Å². The van der Waals surface area contributed by atoms with Gasteiger partial charge in [0.2, 0.25) is 5.91 Å². The van der Waals surface area contributed by atoms with Crippen LogP contribution in [-0.2, 0) is 4.79 Å². The van der Waals surface area contributed by atoms with Crippen LogP contribution < -0.4 is 24.8 Å². The van der Waals surface area contributed by atoms with Crippen LogP contribution in [0.15, 0.2) is 36.4 Å². The van der Waals surface area contributed by atoms with Gasteiger partial charge < -0.3 is 24.8 Å². The molecule has 0 aromatic heterocycles. The van der Waals surface area contributed by atoms with Crippen molar-refractivity contribution in [1.29, 1.82) is 0 Å². The number of amides is 1. The number of benzene rings is 2. The van der Waals surface area contributed by atoms with Crippen LogP contribution >= 0.6 is 0 Å². The molecule has 26 heavy (non-hydrogen) atoms. The van der Waals surface area contributed by atoms with Crippen LogP contribution in [0.5, 0.6) is 17.2 Å². The number of non-ortho nitro benzene ring substituents is 1. The highest BCUT2D eigenvalue weighted by Gasteiger charge is 2.13. The Balaban J connectivity index is 2.10. The molecule has 0 spiro atoms. The number of nitro groups is 1. The fourth-order valence-electron chi connectivity index (χ4n) is 2.23. The van der Waals surface area contributed by atoms with Gasteiger partial charge in [-0.15, -0.1) is 0 Å². The Bertz CT molecular complexity index is 809. The van der Waals surface area contributed by atoms with E-state index in [-0.39, 0.29) is 18.1 Å². The molecular weight excluding hydrogens is 342 g/mol. The summed E-state index contributed by atoms with van der Waals surface area (Å²) >= 11 is 0. The van der Waals surface area contributed by atoms with E-state index in [1.54, 1.807) is 18.2 Å². The maximum Gasteiger partial charge on any atom is 0.271 e. The molecule has 0 unspecified atom stereocenters. The molecule has 0 aliphatic heterocycles. The summed E-state index contributed by atoms with van der Waals surface area (Å²) in [6.45, 7) is -0.127. The number of carbonyl (C=O) groups excluding carboxylic acids is 1. The average molecular weight is 361 g/mol.